The van der Waals surface area contributed by atoms with Crippen LogP contribution in [0.2, 0.25) is 0 Å². The van der Waals surface area contributed by atoms with Crippen molar-refractivity contribution in [2.24, 2.45) is 0 Å². The van der Waals surface area contributed by atoms with Crippen molar-refractivity contribution in [3.63, 3.8) is 0 Å². The molecule has 10 fully saturated rings. The highest BCUT2D eigenvalue weighted by molar-refractivity contribution is 6.62. The zero-order valence-electron chi connectivity index (χ0n) is 42.4. The Balaban J connectivity index is 0.00000102. The third kappa shape index (κ3) is 29.1. The Morgan fingerprint density at radius 2 is 0.667 bits per heavy atom. The molecule has 10 saturated heterocycles. The van der Waals surface area contributed by atoms with E-state index in [9.17, 15) is 131 Å². The van der Waals surface area contributed by atoms with Gasteiger partial charge in [-0.25, -0.2) is 47.9 Å². The van der Waals surface area contributed by atoms with Crippen LogP contribution in [-0.4, -0.2) is 199 Å². The fourth-order valence-corrected chi connectivity index (χ4v) is 5.02. The van der Waals surface area contributed by atoms with Gasteiger partial charge >= 0.3 is 126 Å². The number of cyclic esters (lactones) is 20. The van der Waals surface area contributed by atoms with Crippen molar-refractivity contribution in [3.8, 4) is 0 Å². The van der Waals surface area contributed by atoms with Gasteiger partial charge in [-0.05, 0) is 46.4 Å². The highest BCUT2D eigenvalue weighted by Gasteiger charge is 2.71. The van der Waals surface area contributed by atoms with Crippen LogP contribution in [0.1, 0.15) is 21.3 Å². The summed E-state index contributed by atoms with van der Waals surface area (Å²) in [6.07, 6.45) is -53.8. The maximum Gasteiger partial charge on any atom is 0.518 e. The van der Waals surface area contributed by atoms with Gasteiger partial charge in [0.15, 0.2) is 6.61 Å². The molecule has 13 unspecified atom stereocenters. The first kappa shape index (κ1) is 86.7. The summed E-state index contributed by atoms with van der Waals surface area (Å²) in [7, 11) is 0. The smallest absolute Gasteiger partial charge is 0.430 e. The predicted octanol–water partition coefficient (Wildman–Crippen LogP) is 13.2. The van der Waals surface area contributed by atoms with Gasteiger partial charge in [-0.15, -0.1) is 0 Å². The summed E-state index contributed by atoms with van der Waals surface area (Å²) in [5.74, 6) is -5.35. The number of carbonyl (C=O) groups is 10. The summed E-state index contributed by atoms with van der Waals surface area (Å²) in [4.78, 5) is 99.6. The second-order valence-electron chi connectivity index (χ2n) is 15.1. The molecular weight excluding hydrogens is 1560 g/mol. The first-order valence-corrected chi connectivity index (χ1v) is 24.6. The van der Waals surface area contributed by atoms with Crippen LogP contribution < -0.4 is 0 Å². The van der Waals surface area contributed by atoms with Crippen molar-refractivity contribution in [2.75, 3.05) is 19.8 Å². The minimum Gasteiger partial charge on any atom is -0.430 e. The largest absolute Gasteiger partial charge is 0.518 e. The molecule has 0 saturated carbocycles. The molecule has 10 aliphatic heterocycles. The molecule has 0 spiro atoms. The van der Waals surface area contributed by atoms with Crippen molar-refractivity contribution in [1.82, 2.24) is 0 Å². The Labute approximate surface area is 537 Å². The lowest BCUT2D eigenvalue weighted by Gasteiger charge is -2.19. The first-order valence-electron chi connectivity index (χ1n) is 21.3. The second-order valence-corrected chi connectivity index (χ2v) is 19.4. The van der Waals surface area contributed by atoms with Gasteiger partial charge < -0.3 is 94.7 Å². The molecule has 13 atom stereocenters. The van der Waals surface area contributed by atoms with Crippen LogP contribution in [0.4, 0.5) is 131 Å². The molecule has 0 aromatic carbocycles. The molecule has 0 N–H and O–H groups in total. The standard InChI is InChI=1S/C5H2F6O3.C5H6F2O3.C4H3F3O3.C3Cl4O3.C3H2Cl2O3.C3H2ClFO3.C3H3ClO3.C3F4O3.C3H2F2O3.C3H3FO3.CH4/c6-4(7,8)1-2(5(9,10)11)14-3(12)13-1;1-4(6)5(2,7)10-3(8)9-4;5-4(6,7)2-1-9-3(8)10-2;4-2(5)3(6,7)10-1(8)9-2;2*4-1-2(5)8-3(6)7-1;4-2-1-6-3(5)7-2;4-2(5)3(6,7)10-1(8)9-2;4-1-2(5)8-3(6)7-1;4-2-1-6-3(5)7-2;/h1-2H;1-2H3;2H,1H2;;2*1-2H;2H,1H2;;1-2H;2H,1H2;1H4. The Morgan fingerprint density at radius 3 is 0.806 bits per heavy atom. The molecule has 540 valence electrons. The summed E-state index contributed by atoms with van der Waals surface area (Å²) in [6, 6.07) is 0. The second kappa shape index (κ2) is 34.4. The SMILES string of the molecule is C.CC1(F)OC(=O)OC1(C)F.O=C1OC(C(F)(F)F)C(C(F)(F)F)O1.O=C1OC(Cl)(Cl)C(Cl)(Cl)O1.O=C1OC(Cl)C(Cl)O1.O=C1OC(F)(F)C(F)(F)O1.O=C1OC(F)C(Cl)O1.O=C1OC(F)C(F)O1.O=C1OCC(C(F)(F)F)O1.O=C1OCC(Cl)O1.O=C1OCC(F)O1. The summed E-state index contributed by atoms with van der Waals surface area (Å²) in [6.45, 7) is 0.747. The predicted molar refractivity (Wildman–Crippen MR) is 242 cm³/mol. The molecule has 0 amide bonds. The molecule has 0 aromatic heterocycles. The lowest BCUT2D eigenvalue weighted by Crippen LogP contribution is -2.45. The maximum atomic E-state index is 12.7. The Bertz CT molecular complexity index is 2300. The van der Waals surface area contributed by atoms with Crippen molar-refractivity contribution in [1.29, 1.82) is 0 Å². The minimum absolute atomic E-state index is 0. The molecule has 0 bridgehead atoms. The summed E-state index contributed by atoms with van der Waals surface area (Å²) in [5, 5.41) is 0. The van der Waals surface area contributed by atoms with Crippen LogP contribution in [-0.2, 0) is 94.7 Å². The molecular formula is C36H27Cl8F19O30. The highest BCUT2D eigenvalue weighted by atomic mass is 35.5. The Kier molecular flexibility index (Phi) is 32.1. The van der Waals surface area contributed by atoms with E-state index in [1.54, 1.807) is 0 Å². The van der Waals surface area contributed by atoms with E-state index in [1.165, 1.54) is 0 Å². The van der Waals surface area contributed by atoms with E-state index in [1.807, 2.05) is 0 Å². The number of alkyl halides is 27. The average molecular weight is 1580 g/mol. The van der Waals surface area contributed by atoms with Crippen LogP contribution in [0.3, 0.4) is 0 Å². The molecule has 10 heterocycles. The molecule has 0 aliphatic carbocycles. The number of ether oxygens (including phenoxy) is 20. The third-order valence-electron chi connectivity index (χ3n) is 8.18. The van der Waals surface area contributed by atoms with Crippen molar-refractivity contribution >= 4 is 154 Å². The summed E-state index contributed by atoms with van der Waals surface area (Å²) >= 11 is 41.9. The molecule has 30 nitrogen and oxygen atoms in total. The summed E-state index contributed by atoms with van der Waals surface area (Å²) in [5.41, 5.74) is -3.54. The lowest BCUT2D eigenvalue weighted by molar-refractivity contribution is -0.344. The van der Waals surface area contributed by atoms with Crippen molar-refractivity contribution < 1.29 is 226 Å². The van der Waals surface area contributed by atoms with Gasteiger partial charge in [-0.1, -0.05) is 53.8 Å². The molecule has 93 heavy (non-hydrogen) atoms. The van der Waals surface area contributed by atoms with Gasteiger partial charge in [-0.2, -0.15) is 83.4 Å². The zero-order valence-corrected chi connectivity index (χ0v) is 48.5. The Hall–Kier alpha value is -6.31. The third-order valence-corrected chi connectivity index (χ3v) is 11.2. The highest BCUT2D eigenvalue weighted by Crippen LogP contribution is 2.49. The monoisotopic (exact) mass is 1580 g/mol. The topological polar surface area (TPSA) is 355 Å². The fourth-order valence-electron chi connectivity index (χ4n) is 4.11. The van der Waals surface area contributed by atoms with Crippen molar-refractivity contribution in [3.05, 3.63) is 0 Å². The number of hydrogen-bond acceptors (Lipinski definition) is 30. The molecule has 10 rings (SSSR count). The van der Waals surface area contributed by atoms with Crippen LogP contribution >= 0.6 is 92.8 Å². The van der Waals surface area contributed by atoms with Gasteiger partial charge in [-0.3, -0.25) is 0 Å². The van der Waals surface area contributed by atoms with Crippen LogP contribution in [0.25, 0.3) is 0 Å². The summed E-state index contributed by atoms with van der Waals surface area (Å²) < 4.78 is 296. The van der Waals surface area contributed by atoms with E-state index in [4.69, 9.17) is 92.8 Å². The number of rotatable bonds is 0. The first-order chi connectivity index (χ1) is 41.3. The Morgan fingerprint density at radius 1 is 0.355 bits per heavy atom. The van der Waals surface area contributed by atoms with Crippen LogP contribution in [0.5, 0.6) is 0 Å². The minimum atomic E-state index is -5.30. The molecule has 0 aromatic rings. The van der Waals surface area contributed by atoms with E-state index < -0.39 is 186 Å². The zero-order chi connectivity index (χ0) is 71.9. The van der Waals surface area contributed by atoms with Gasteiger partial charge in [0.05, 0.1) is 0 Å². The number of halogens is 27. The number of carbonyl (C=O) groups excluding carboxylic acids is 10. The molecule has 57 heteroatoms. The van der Waals surface area contributed by atoms with Gasteiger partial charge in [0.2, 0.25) is 40.6 Å². The quantitative estimate of drug-likeness (QED) is 0.0941. The van der Waals surface area contributed by atoms with Gasteiger partial charge in [0.1, 0.15) is 13.2 Å². The normalized spacial score (nSPS) is 31.8. The van der Waals surface area contributed by atoms with E-state index in [2.05, 4.69) is 94.7 Å². The van der Waals surface area contributed by atoms with E-state index in [0.29, 0.717) is 0 Å². The van der Waals surface area contributed by atoms with E-state index >= 15 is 0 Å². The van der Waals surface area contributed by atoms with Crippen LogP contribution in [0.15, 0.2) is 0 Å². The average Bonchev–Trinajstić information content (AvgIpc) is 1.69. The van der Waals surface area contributed by atoms with E-state index in [-0.39, 0.29) is 20.6 Å². The van der Waals surface area contributed by atoms with Gasteiger partial charge in [0.25, 0.3) is 12.7 Å². The van der Waals surface area contributed by atoms with E-state index in [0.717, 1.165) is 13.8 Å². The molecule has 10 aliphatic rings. The lowest BCUT2D eigenvalue weighted by atomic mass is 10.2. The molecule has 0 radical (unpaired) electrons. The van der Waals surface area contributed by atoms with Crippen molar-refractivity contribution in [2.45, 2.75) is 139 Å². The fraction of sp³-hybridized carbons (Fsp3) is 0.722. The van der Waals surface area contributed by atoms with Crippen LogP contribution in [0, 0.1) is 0 Å². The van der Waals surface area contributed by atoms with Gasteiger partial charge in [0, 0.05) is 13.8 Å². The number of hydrogen-bond donors (Lipinski definition) is 0. The maximum absolute atomic E-state index is 12.7.